The zero-order chi connectivity index (χ0) is 22.0. The fraction of sp³-hybridized carbons (Fsp3) is 0.577. The predicted molar refractivity (Wildman–Crippen MR) is 135 cm³/mol. The molecule has 2 aromatic carbocycles. The summed E-state index contributed by atoms with van der Waals surface area (Å²) in [6.45, 7) is 16.0. The van der Waals surface area contributed by atoms with Gasteiger partial charge >= 0.3 is 5.97 Å². The highest BCUT2D eigenvalue weighted by Crippen LogP contribution is 2.34. The summed E-state index contributed by atoms with van der Waals surface area (Å²) in [6, 6.07) is 13.2. The fourth-order valence-corrected chi connectivity index (χ4v) is 4.18. The van der Waals surface area contributed by atoms with Crippen molar-refractivity contribution in [2.24, 2.45) is 5.92 Å². The molecule has 3 nitrogen and oxygen atoms in total. The number of piperidine rings is 1. The molecule has 1 saturated heterocycles. The van der Waals surface area contributed by atoms with Gasteiger partial charge in [0.25, 0.3) is 0 Å². The quantitative estimate of drug-likeness (QED) is 0.415. The zero-order valence-corrected chi connectivity index (χ0v) is 20.8. The number of nitrogens with zero attached hydrogens (tertiary/aromatic N) is 1. The van der Waals surface area contributed by atoms with E-state index in [4.69, 9.17) is 4.74 Å². The summed E-state index contributed by atoms with van der Waals surface area (Å²) in [6.07, 6.45) is 1.73. The number of carbonyl (C=O) groups is 1. The molecule has 3 rings (SSSR count). The number of rotatable bonds is 4. The van der Waals surface area contributed by atoms with Gasteiger partial charge in [-0.15, -0.1) is 0 Å². The van der Waals surface area contributed by atoms with Crippen LogP contribution >= 0.6 is 15.9 Å². The lowest BCUT2D eigenvalue weighted by Crippen LogP contribution is -2.38. The minimum atomic E-state index is -0.0311. The Kier molecular flexibility index (Phi) is 13.9. The molecule has 1 aliphatic heterocycles. The standard InChI is InChI=1S/C21H26BrNO2.2C2H6.CH4/c1-14(2)25-21(24)16-10-12-23(13-11-16)15(3)17-8-9-20(22)19-7-5-4-6-18(17)19;2*1-2;/h4-9,14-16H,10-13H2,1-3H3;2*1-2H3;1H4. The van der Waals surface area contributed by atoms with Crippen LogP contribution in [-0.4, -0.2) is 30.1 Å². The van der Waals surface area contributed by atoms with E-state index in [1.54, 1.807) is 0 Å². The molecule has 0 radical (unpaired) electrons. The summed E-state index contributed by atoms with van der Waals surface area (Å²) in [7, 11) is 0. The van der Waals surface area contributed by atoms with Crippen LogP contribution in [0.2, 0.25) is 0 Å². The monoisotopic (exact) mass is 479 g/mol. The van der Waals surface area contributed by atoms with Gasteiger partial charge in [-0.05, 0) is 69.1 Å². The van der Waals surface area contributed by atoms with Crippen molar-refractivity contribution in [1.29, 1.82) is 0 Å². The van der Waals surface area contributed by atoms with E-state index in [2.05, 4.69) is 64.2 Å². The van der Waals surface area contributed by atoms with Crippen LogP contribution in [0.4, 0.5) is 0 Å². The van der Waals surface area contributed by atoms with Gasteiger partial charge < -0.3 is 4.74 Å². The first kappa shape index (κ1) is 28.6. The zero-order valence-electron chi connectivity index (χ0n) is 19.2. The number of carbonyl (C=O) groups excluding carboxylic acids is 1. The number of esters is 1. The topological polar surface area (TPSA) is 29.5 Å². The van der Waals surface area contributed by atoms with E-state index >= 15 is 0 Å². The SMILES string of the molecule is C.CC.CC.CC(C)OC(=O)C1CCN(C(C)c2ccc(Br)c3ccccc23)CC1. The number of halogens is 1. The second kappa shape index (κ2) is 14.6. The molecule has 2 aromatic rings. The van der Waals surface area contributed by atoms with E-state index in [9.17, 15) is 4.79 Å². The van der Waals surface area contributed by atoms with Crippen LogP contribution in [0.25, 0.3) is 10.8 Å². The average molecular weight is 481 g/mol. The first-order valence-electron chi connectivity index (χ1n) is 11.1. The van der Waals surface area contributed by atoms with Crippen LogP contribution in [0.15, 0.2) is 40.9 Å². The van der Waals surface area contributed by atoms with Crippen LogP contribution in [0, 0.1) is 5.92 Å². The number of benzene rings is 2. The van der Waals surface area contributed by atoms with Gasteiger partial charge in [0.05, 0.1) is 12.0 Å². The Bertz CT molecular complexity index is 752. The average Bonchev–Trinajstić information content (AvgIpc) is 2.76. The molecule has 0 bridgehead atoms. The summed E-state index contributed by atoms with van der Waals surface area (Å²) < 4.78 is 6.51. The second-order valence-corrected chi connectivity index (χ2v) is 8.01. The maximum atomic E-state index is 12.1. The summed E-state index contributed by atoms with van der Waals surface area (Å²) in [5.41, 5.74) is 1.35. The van der Waals surface area contributed by atoms with Gasteiger partial charge in [0.1, 0.15) is 0 Å². The maximum absolute atomic E-state index is 12.1. The molecule has 0 amide bonds. The van der Waals surface area contributed by atoms with Crippen LogP contribution < -0.4 is 0 Å². The van der Waals surface area contributed by atoms with E-state index in [0.29, 0.717) is 6.04 Å². The molecule has 1 unspecified atom stereocenters. The highest BCUT2D eigenvalue weighted by atomic mass is 79.9. The van der Waals surface area contributed by atoms with Gasteiger partial charge in [-0.2, -0.15) is 0 Å². The molecular formula is C26H42BrNO2. The third-order valence-electron chi connectivity index (χ3n) is 5.12. The van der Waals surface area contributed by atoms with E-state index < -0.39 is 0 Å². The number of hydrogen-bond donors (Lipinski definition) is 0. The Hall–Kier alpha value is -1.39. The summed E-state index contributed by atoms with van der Waals surface area (Å²) >= 11 is 3.65. The molecule has 30 heavy (non-hydrogen) atoms. The van der Waals surface area contributed by atoms with Crippen LogP contribution in [-0.2, 0) is 9.53 Å². The molecule has 0 saturated carbocycles. The van der Waals surface area contributed by atoms with Gasteiger partial charge in [-0.3, -0.25) is 9.69 Å². The molecule has 0 spiro atoms. The lowest BCUT2D eigenvalue weighted by atomic mass is 9.93. The van der Waals surface area contributed by atoms with Gasteiger partial charge in [-0.1, -0.05) is 81.4 Å². The van der Waals surface area contributed by atoms with Gasteiger partial charge in [0, 0.05) is 10.5 Å². The van der Waals surface area contributed by atoms with Gasteiger partial charge in [0.15, 0.2) is 0 Å². The summed E-state index contributed by atoms with van der Waals surface area (Å²) in [5.74, 6) is 0.0175. The fourth-order valence-electron chi connectivity index (χ4n) is 3.70. The molecule has 1 heterocycles. The van der Waals surface area contributed by atoms with Crippen molar-refractivity contribution in [2.75, 3.05) is 13.1 Å². The van der Waals surface area contributed by atoms with Crippen LogP contribution in [0.3, 0.4) is 0 Å². The Morgan fingerprint density at radius 2 is 1.50 bits per heavy atom. The molecule has 1 aliphatic rings. The molecule has 4 heteroatoms. The molecule has 0 N–H and O–H groups in total. The van der Waals surface area contributed by atoms with Crippen LogP contribution in [0.5, 0.6) is 0 Å². The number of hydrogen-bond acceptors (Lipinski definition) is 3. The van der Waals surface area contributed by atoms with Crippen molar-refractivity contribution < 1.29 is 9.53 Å². The van der Waals surface area contributed by atoms with E-state index in [1.165, 1.54) is 16.3 Å². The Labute approximate surface area is 193 Å². The van der Waals surface area contributed by atoms with Crippen molar-refractivity contribution >= 4 is 32.7 Å². The van der Waals surface area contributed by atoms with E-state index in [-0.39, 0.29) is 25.4 Å². The third kappa shape index (κ3) is 7.39. The summed E-state index contributed by atoms with van der Waals surface area (Å²) in [5, 5.41) is 2.55. The first-order valence-corrected chi connectivity index (χ1v) is 11.9. The smallest absolute Gasteiger partial charge is 0.309 e. The van der Waals surface area contributed by atoms with Crippen molar-refractivity contribution in [1.82, 2.24) is 4.90 Å². The second-order valence-electron chi connectivity index (χ2n) is 7.15. The Morgan fingerprint density at radius 3 is 2.03 bits per heavy atom. The van der Waals surface area contributed by atoms with Gasteiger partial charge in [0.2, 0.25) is 0 Å². The lowest BCUT2D eigenvalue weighted by Gasteiger charge is -2.36. The highest BCUT2D eigenvalue weighted by molar-refractivity contribution is 9.10. The molecule has 1 atom stereocenters. The Balaban J connectivity index is 0.00000159. The van der Waals surface area contributed by atoms with Crippen molar-refractivity contribution in [3.63, 3.8) is 0 Å². The Morgan fingerprint density at radius 1 is 0.967 bits per heavy atom. The molecule has 170 valence electrons. The predicted octanol–water partition coefficient (Wildman–Crippen LogP) is 8.02. The maximum Gasteiger partial charge on any atom is 0.309 e. The molecular weight excluding hydrogens is 438 g/mol. The van der Waals surface area contributed by atoms with Gasteiger partial charge in [-0.25, -0.2) is 0 Å². The van der Waals surface area contributed by atoms with E-state index in [1.807, 2.05) is 41.5 Å². The largest absolute Gasteiger partial charge is 0.463 e. The third-order valence-corrected chi connectivity index (χ3v) is 5.81. The minimum Gasteiger partial charge on any atom is -0.463 e. The normalized spacial score (nSPS) is 15.2. The highest BCUT2D eigenvalue weighted by Gasteiger charge is 2.29. The van der Waals surface area contributed by atoms with Crippen molar-refractivity contribution in [2.45, 2.75) is 80.9 Å². The number of fused-ring (bicyclic) bond motifs is 1. The number of likely N-dealkylation sites (tertiary alicyclic amines) is 1. The minimum absolute atomic E-state index is 0. The van der Waals surface area contributed by atoms with Crippen molar-refractivity contribution in [3.05, 3.63) is 46.4 Å². The summed E-state index contributed by atoms with van der Waals surface area (Å²) in [4.78, 5) is 14.6. The lowest BCUT2D eigenvalue weighted by molar-refractivity contribution is -0.154. The van der Waals surface area contributed by atoms with Crippen LogP contribution in [0.1, 0.15) is 80.3 Å². The number of ether oxygens (including phenoxy) is 1. The molecule has 0 aromatic heterocycles. The first-order chi connectivity index (χ1) is 14.0. The molecule has 1 fully saturated rings. The van der Waals surface area contributed by atoms with Crippen molar-refractivity contribution in [3.8, 4) is 0 Å². The molecule has 0 aliphatic carbocycles. The van der Waals surface area contributed by atoms with E-state index in [0.717, 1.165) is 30.4 Å².